The van der Waals surface area contributed by atoms with E-state index in [1.165, 1.54) is 11.3 Å². The van der Waals surface area contributed by atoms with Crippen LogP contribution in [-0.4, -0.2) is 47.3 Å². The number of unbranched alkanes of at least 4 members (excludes halogenated alkanes) is 1. The zero-order valence-electron chi connectivity index (χ0n) is 15.6. The summed E-state index contributed by atoms with van der Waals surface area (Å²) in [4.78, 5) is 40.8. The van der Waals surface area contributed by atoms with E-state index in [1.807, 2.05) is 0 Å². The fourth-order valence-electron chi connectivity index (χ4n) is 3.72. The maximum atomic E-state index is 12.8. The van der Waals surface area contributed by atoms with Gasteiger partial charge in [0.05, 0.1) is 11.1 Å². The fourth-order valence-corrected chi connectivity index (χ4v) is 3.72. The Hall–Kier alpha value is -2.37. The topological polar surface area (TPSA) is 69.7 Å². The first-order chi connectivity index (χ1) is 12.5. The van der Waals surface area contributed by atoms with E-state index in [9.17, 15) is 14.4 Å². The molecule has 1 saturated carbocycles. The zero-order chi connectivity index (χ0) is 18.7. The number of urea groups is 1. The number of nitrogens with zero attached hydrogens (tertiary/aromatic N) is 2. The smallest absolute Gasteiger partial charge is 0.321 e. The van der Waals surface area contributed by atoms with Gasteiger partial charge in [0.25, 0.3) is 11.8 Å². The predicted octanol–water partition coefficient (Wildman–Crippen LogP) is 3.88. The minimum Gasteiger partial charge on any atom is -0.328 e. The van der Waals surface area contributed by atoms with Gasteiger partial charge in [-0.15, -0.1) is 0 Å². The van der Waals surface area contributed by atoms with Crippen LogP contribution in [0.1, 0.15) is 72.6 Å². The highest BCUT2D eigenvalue weighted by atomic mass is 16.2. The minimum absolute atomic E-state index is 0.00867. The molecule has 0 radical (unpaired) electrons. The Labute approximate surface area is 154 Å². The molecule has 0 unspecified atom stereocenters. The van der Waals surface area contributed by atoms with Crippen LogP contribution in [-0.2, 0) is 0 Å². The van der Waals surface area contributed by atoms with Crippen LogP contribution in [0.2, 0.25) is 0 Å². The molecule has 1 aromatic carbocycles. The molecule has 1 aliphatic heterocycles. The van der Waals surface area contributed by atoms with Crippen LogP contribution < -0.4 is 5.32 Å². The van der Waals surface area contributed by atoms with Crippen molar-refractivity contribution >= 4 is 23.5 Å². The summed E-state index contributed by atoms with van der Waals surface area (Å²) < 4.78 is 0. The molecule has 1 fully saturated rings. The number of rotatable bonds is 5. The highest BCUT2D eigenvalue weighted by Gasteiger charge is 2.40. The number of carbonyl (C=O) groups excluding carboxylic acids is 3. The summed E-state index contributed by atoms with van der Waals surface area (Å²) in [6.07, 6.45) is 7.02. The largest absolute Gasteiger partial charge is 0.328 e. The minimum atomic E-state index is -0.229. The fraction of sp³-hybridized carbons (Fsp3) is 0.550. The van der Waals surface area contributed by atoms with Crippen LogP contribution in [0, 0.1) is 0 Å². The van der Waals surface area contributed by atoms with E-state index in [4.69, 9.17) is 0 Å². The molecule has 0 atom stereocenters. The predicted molar refractivity (Wildman–Crippen MR) is 100 cm³/mol. The van der Waals surface area contributed by atoms with Gasteiger partial charge in [-0.2, -0.15) is 0 Å². The normalized spacial score (nSPS) is 17.4. The van der Waals surface area contributed by atoms with Crippen LogP contribution in [0.5, 0.6) is 0 Å². The van der Waals surface area contributed by atoms with Gasteiger partial charge < -0.3 is 10.2 Å². The van der Waals surface area contributed by atoms with E-state index < -0.39 is 0 Å². The molecule has 1 N–H and O–H groups in total. The van der Waals surface area contributed by atoms with E-state index in [1.54, 1.807) is 30.1 Å². The lowest BCUT2D eigenvalue weighted by atomic mass is 9.94. The standard InChI is InChI=1S/C20H27N3O3/c1-3-4-12-22(2)20(26)21-14-10-11-16-17(13-14)19(25)23(18(16)24)15-8-6-5-7-9-15/h10-11,13,15H,3-9,12H2,1-2H3,(H,21,26). The van der Waals surface area contributed by atoms with Gasteiger partial charge in [0, 0.05) is 25.3 Å². The van der Waals surface area contributed by atoms with Gasteiger partial charge in [-0.1, -0.05) is 32.6 Å². The van der Waals surface area contributed by atoms with Gasteiger partial charge in [0.15, 0.2) is 0 Å². The third-order valence-corrected chi connectivity index (χ3v) is 5.30. The third-order valence-electron chi connectivity index (χ3n) is 5.30. The Kier molecular flexibility index (Phi) is 5.59. The first kappa shape index (κ1) is 18.4. The summed E-state index contributed by atoms with van der Waals surface area (Å²) in [7, 11) is 1.75. The lowest BCUT2D eigenvalue weighted by molar-refractivity contribution is 0.0549. The summed E-state index contributed by atoms with van der Waals surface area (Å²) in [6, 6.07) is 4.78. The molecule has 1 aliphatic carbocycles. The van der Waals surface area contributed by atoms with Crippen LogP contribution in [0.4, 0.5) is 10.5 Å². The third kappa shape index (κ3) is 3.59. The van der Waals surface area contributed by atoms with Crippen molar-refractivity contribution in [2.24, 2.45) is 0 Å². The van der Waals surface area contributed by atoms with Crippen LogP contribution in [0.3, 0.4) is 0 Å². The molecule has 4 amide bonds. The Morgan fingerprint density at radius 3 is 2.54 bits per heavy atom. The molecule has 1 aromatic rings. The van der Waals surface area contributed by atoms with Gasteiger partial charge in [-0.05, 0) is 37.5 Å². The number of hydrogen-bond donors (Lipinski definition) is 1. The lowest BCUT2D eigenvalue weighted by Gasteiger charge is -2.29. The van der Waals surface area contributed by atoms with Gasteiger partial charge in [-0.25, -0.2) is 4.79 Å². The number of benzene rings is 1. The van der Waals surface area contributed by atoms with Crippen molar-refractivity contribution < 1.29 is 14.4 Å². The van der Waals surface area contributed by atoms with Gasteiger partial charge in [0.2, 0.25) is 0 Å². The number of amides is 4. The highest BCUT2D eigenvalue weighted by molar-refractivity contribution is 6.22. The van der Waals surface area contributed by atoms with Crippen molar-refractivity contribution in [3.63, 3.8) is 0 Å². The molecular formula is C20H27N3O3. The molecule has 6 heteroatoms. The summed E-state index contributed by atoms with van der Waals surface area (Å²) in [5, 5.41) is 2.82. The molecule has 2 aliphatic rings. The number of carbonyl (C=O) groups is 3. The van der Waals surface area contributed by atoms with Crippen molar-refractivity contribution in [2.45, 2.75) is 57.9 Å². The van der Waals surface area contributed by atoms with Crippen LogP contribution in [0.15, 0.2) is 18.2 Å². The van der Waals surface area contributed by atoms with Crippen molar-refractivity contribution in [1.82, 2.24) is 9.80 Å². The molecular weight excluding hydrogens is 330 g/mol. The van der Waals surface area contributed by atoms with Gasteiger partial charge in [0.1, 0.15) is 0 Å². The summed E-state index contributed by atoms with van der Waals surface area (Å²) in [6.45, 7) is 2.76. The second-order valence-electron chi connectivity index (χ2n) is 7.24. The molecule has 0 saturated heterocycles. The molecule has 140 valence electrons. The molecule has 26 heavy (non-hydrogen) atoms. The second kappa shape index (κ2) is 7.89. The molecule has 0 aromatic heterocycles. The van der Waals surface area contributed by atoms with Crippen molar-refractivity contribution in [3.8, 4) is 0 Å². The average Bonchev–Trinajstić information content (AvgIpc) is 2.90. The molecule has 0 bridgehead atoms. The van der Waals surface area contributed by atoms with E-state index in [-0.39, 0.29) is 23.9 Å². The van der Waals surface area contributed by atoms with E-state index in [0.29, 0.717) is 23.4 Å². The van der Waals surface area contributed by atoms with Crippen LogP contribution >= 0.6 is 0 Å². The lowest BCUT2D eigenvalue weighted by Crippen LogP contribution is -2.40. The summed E-state index contributed by atoms with van der Waals surface area (Å²) >= 11 is 0. The Morgan fingerprint density at radius 1 is 1.15 bits per heavy atom. The van der Waals surface area contributed by atoms with Crippen LogP contribution in [0.25, 0.3) is 0 Å². The molecule has 3 rings (SSSR count). The number of imide groups is 1. The van der Waals surface area contributed by atoms with Crippen molar-refractivity contribution in [1.29, 1.82) is 0 Å². The Balaban J connectivity index is 1.74. The Bertz CT molecular complexity index is 710. The van der Waals surface area contributed by atoms with Gasteiger partial charge >= 0.3 is 6.03 Å². The quantitative estimate of drug-likeness (QED) is 0.813. The van der Waals surface area contributed by atoms with E-state index in [0.717, 1.165) is 38.5 Å². The van der Waals surface area contributed by atoms with Crippen molar-refractivity contribution in [3.05, 3.63) is 29.3 Å². The number of nitrogens with one attached hydrogen (secondary N) is 1. The number of hydrogen-bond acceptors (Lipinski definition) is 3. The first-order valence-corrected chi connectivity index (χ1v) is 9.57. The molecule has 1 heterocycles. The molecule has 6 nitrogen and oxygen atoms in total. The summed E-state index contributed by atoms with van der Waals surface area (Å²) in [5.74, 6) is -0.429. The van der Waals surface area contributed by atoms with Crippen molar-refractivity contribution in [2.75, 3.05) is 18.9 Å². The number of fused-ring (bicyclic) bond motifs is 1. The highest BCUT2D eigenvalue weighted by Crippen LogP contribution is 2.32. The first-order valence-electron chi connectivity index (χ1n) is 9.57. The summed E-state index contributed by atoms with van der Waals surface area (Å²) in [5.41, 5.74) is 1.39. The van der Waals surface area contributed by atoms with E-state index >= 15 is 0 Å². The SMILES string of the molecule is CCCCN(C)C(=O)Nc1ccc2c(c1)C(=O)N(C1CCCCC1)C2=O. The second-order valence-corrected chi connectivity index (χ2v) is 7.24. The van der Waals surface area contributed by atoms with Gasteiger partial charge in [-0.3, -0.25) is 14.5 Å². The number of anilines is 1. The Morgan fingerprint density at radius 2 is 1.85 bits per heavy atom. The maximum Gasteiger partial charge on any atom is 0.321 e. The molecule has 0 spiro atoms. The monoisotopic (exact) mass is 357 g/mol. The maximum absolute atomic E-state index is 12.8. The average molecular weight is 357 g/mol. The zero-order valence-corrected chi connectivity index (χ0v) is 15.6. The van der Waals surface area contributed by atoms with E-state index in [2.05, 4.69) is 12.2 Å².